The summed E-state index contributed by atoms with van der Waals surface area (Å²) in [4.78, 5) is 0. The van der Waals surface area contributed by atoms with Gasteiger partial charge >= 0.3 is 0 Å². The number of rotatable bonds is 6. The lowest BCUT2D eigenvalue weighted by molar-refractivity contribution is 0.407. The summed E-state index contributed by atoms with van der Waals surface area (Å²) in [5, 5.41) is 3.36. The Balaban J connectivity index is 3.05. The van der Waals surface area contributed by atoms with Crippen molar-refractivity contribution in [3.05, 3.63) is 29.3 Å². The average molecular weight is 253 g/mol. The van der Waals surface area contributed by atoms with Crippen LogP contribution < -0.4 is 10.1 Å². The molecule has 0 saturated carbocycles. The molecule has 2 nitrogen and oxygen atoms in total. The van der Waals surface area contributed by atoms with Gasteiger partial charge < -0.3 is 10.1 Å². The fraction of sp³-hybridized carbons (Fsp3) is 0.571. The van der Waals surface area contributed by atoms with Crippen LogP contribution in [0.3, 0.4) is 0 Å². The molecule has 0 spiro atoms. The smallest absolute Gasteiger partial charge is 0.122 e. The van der Waals surface area contributed by atoms with Crippen LogP contribution in [0.25, 0.3) is 0 Å². The van der Waals surface area contributed by atoms with Crippen molar-refractivity contribution in [2.45, 2.75) is 25.8 Å². The number of thioether (sulfide) groups is 1. The Morgan fingerprint density at radius 1 is 1.35 bits per heavy atom. The molecule has 96 valence electrons. The second kappa shape index (κ2) is 6.92. The van der Waals surface area contributed by atoms with Gasteiger partial charge in [-0.1, -0.05) is 26.0 Å². The molecule has 1 aromatic carbocycles. The first-order valence-electron chi connectivity index (χ1n) is 5.98. The molecule has 1 unspecified atom stereocenters. The van der Waals surface area contributed by atoms with Crippen LogP contribution in [0.4, 0.5) is 0 Å². The van der Waals surface area contributed by atoms with E-state index in [2.05, 4.69) is 43.6 Å². The fourth-order valence-electron chi connectivity index (χ4n) is 1.93. The van der Waals surface area contributed by atoms with E-state index in [1.54, 1.807) is 7.11 Å². The fourth-order valence-corrected chi connectivity index (χ4v) is 2.63. The Labute approximate surface area is 109 Å². The predicted octanol–water partition coefficient (Wildman–Crippen LogP) is 3.44. The molecule has 0 fully saturated rings. The summed E-state index contributed by atoms with van der Waals surface area (Å²) in [5.74, 6) is 2.56. The minimum Gasteiger partial charge on any atom is -0.496 e. The molecule has 1 N–H and O–H groups in total. The second-order valence-electron chi connectivity index (χ2n) is 4.45. The molecule has 1 atom stereocenters. The molecule has 0 amide bonds. The molecule has 0 saturated heterocycles. The summed E-state index contributed by atoms with van der Waals surface area (Å²) < 4.78 is 5.41. The van der Waals surface area contributed by atoms with Crippen molar-refractivity contribution in [1.82, 2.24) is 5.32 Å². The molecular formula is C14H23NOS. The maximum Gasteiger partial charge on any atom is 0.122 e. The van der Waals surface area contributed by atoms with Crippen LogP contribution in [-0.4, -0.2) is 26.2 Å². The number of benzene rings is 1. The Morgan fingerprint density at radius 3 is 2.53 bits per heavy atom. The van der Waals surface area contributed by atoms with Crippen LogP contribution in [0, 0.1) is 0 Å². The van der Waals surface area contributed by atoms with E-state index in [9.17, 15) is 0 Å². The van der Waals surface area contributed by atoms with Crippen molar-refractivity contribution >= 4 is 11.8 Å². The van der Waals surface area contributed by atoms with Crippen LogP contribution in [-0.2, 0) is 0 Å². The SMILES string of the molecule is CNC(CSC)c1ccc(OC)c(C(C)C)c1. The van der Waals surface area contributed by atoms with E-state index in [1.807, 2.05) is 18.8 Å². The highest BCUT2D eigenvalue weighted by atomic mass is 32.2. The molecule has 0 aliphatic heterocycles. The highest BCUT2D eigenvalue weighted by Gasteiger charge is 2.13. The third-order valence-electron chi connectivity index (χ3n) is 2.96. The number of nitrogens with one attached hydrogen (secondary N) is 1. The number of methoxy groups -OCH3 is 1. The van der Waals surface area contributed by atoms with E-state index in [0.29, 0.717) is 12.0 Å². The highest BCUT2D eigenvalue weighted by molar-refractivity contribution is 7.98. The van der Waals surface area contributed by atoms with Gasteiger partial charge in [-0.05, 0) is 36.4 Å². The van der Waals surface area contributed by atoms with E-state index >= 15 is 0 Å². The van der Waals surface area contributed by atoms with Crippen LogP contribution >= 0.6 is 11.8 Å². The van der Waals surface area contributed by atoms with Crippen LogP contribution in [0.5, 0.6) is 5.75 Å². The summed E-state index contributed by atoms with van der Waals surface area (Å²) in [6.45, 7) is 4.40. The number of hydrogen-bond acceptors (Lipinski definition) is 3. The summed E-state index contributed by atoms with van der Waals surface area (Å²) in [6, 6.07) is 6.91. The Bertz CT molecular complexity index is 352. The van der Waals surface area contributed by atoms with Crippen molar-refractivity contribution in [2.24, 2.45) is 0 Å². The van der Waals surface area contributed by atoms with Gasteiger partial charge in [0.25, 0.3) is 0 Å². The van der Waals surface area contributed by atoms with E-state index in [0.717, 1.165) is 11.5 Å². The summed E-state index contributed by atoms with van der Waals surface area (Å²) in [7, 11) is 3.75. The first-order valence-corrected chi connectivity index (χ1v) is 7.37. The zero-order valence-corrected chi connectivity index (χ0v) is 12.2. The number of hydrogen-bond donors (Lipinski definition) is 1. The first kappa shape index (κ1) is 14.4. The van der Waals surface area contributed by atoms with Crippen molar-refractivity contribution in [3.8, 4) is 5.75 Å². The molecule has 0 bridgehead atoms. The Kier molecular flexibility index (Phi) is 5.86. The zero-order valence-electron chi connectivity index (χ0n) is 11.4. The van der Waals surface area contributed by atoms with Crippen LogP contribution in [0.2, 0.25) is 0 Å². The standard InChI is InChI=1S/C14H23NOS/c1-10(2)12-8-11(6-7-14(12)16-4)13(15-3)9-17-5/h6-8,10,13,15H,9H2,1-5H3. The lowest BCUT2D eigenvalue weighted by Crippen LogP contribution is -2.18. The topological polar surface area (TPSA) is 21.3 Å². The van der Waals surface area contributed by atoms with Gasteiger partial charge in [-0.3, -0.25) is 0 Å². The van der Waals surface area contributed by atoms with Gasteiger partial charge in [0.15, 0.2) is 0 Å². The third-order valence-corrected chi connectivity index (χ3v) is 3.63. The van der Waals surface area contributed by atoms with Crippen LogP contribution in [0.15, 0.2) is 18.2 Å². The van der Waals surface area contributed by atoms with Gasteiger partial charge in [0.2, 0.25) is 0 Å². The first-order chi connectivity index (χ1) is 8.13. The van der Waals surface area contributed by atoms with Gasteiger partial charge in [-0.25, -0.2) is 0 Å². The minimum atomic E-state index is 0.411. The van der Waals surface area contributed by atoms with Crippen molar-refractivity contribution in [3.63, 3.8) is 0 Å². The van der Waals surface area contributed by atoms with Crippen LogP contribution in [0.1, 0.15) is 36.9 Å². The van der Waals surface area contributed by atoms with Crippen molar-refractivity contribution in [2.75, 3.05) is 26.2 Å². The van der Waals surface area contributed by atoms with Crippen molar-refractivity contribution < 1.29 is 4.74 Å². The summed E-state index contributed by atoms with van der Waals surface area (Å²) >= 11 is 1.86. The summed E-state index contributed by atoms with van der Waals surface area (Å²) in [6.07, 6.45) is 2.14. The van der Waals surface area contributed by atoms with Gasteiger partial charge in [0.05, 0.1) is 7.11 Å². The quantitative estimate of drug-likeness (QED) is 0.839. The normalized spacial score (nSPS) is 12.8. The molecule has 0 heterocycles. The molecule has 1 rings (SSSR count). The Hall–Kier alpha value is -0.670. The van der Waals surface area contributed by atoms with Gasteiger partial charge in [0.1, 0.15) is 5.75 Å². The van der Waals surface area contributed by atoms with Gasteiger partial charge in [-0.2, -0.15) is 11.8 Å². The van der Waals surface area contributed by atoms with Gasteiger partial charge in [-0.15, -0.1) is 0 Å². The second-order valence-corrected chi connectivity index (χ2v) is 5.36. The van der Waals surface area contributed by atoms with E-state index in [-0.39, 0.29) is 0 Å². The monoisotopic (exact) mass is 253 g/mol. The van der Waals surface area contributed by atoms with E-state index in [1.165, 1.54) is 11.1 Å². The summed E-state index contributed by atoms with van der Waals surface area (Å²) in [5.41, 5.74) is 2.62. The highest BCUT2D eigenvalue weighted by Crippen LogP contribution is 2.30. The maximum atomic E-state index is 5.41. The molecule has 0 aliphatic rings. The molecule has 1 aromatic rings. The molecule has 3 heteroatoms. The van der Waals surface area contributed by atoms with E-state index in [4.69, 9.17) is 4.74 Å². The van der Waals surface area contributed by atoms with Gasteiger partial charge in [0, 0.05) is 11.8 Å². The molecule has 0 aromatic heterocycles. The maximum absolute atomic E-state index is 5.41. The largest absolute Gasteiger partial charge is 0.496 e. The Morgan fingerprint density at radius 2 is 2.06 bits per heavy atom. The van der Waals surface area contributed by atoms with Crippen molar-refractivity contribution in [1.29, 1.82) is 0 Å². The third kappa shape index (κ3) is 3.65. The molecule has 17 heavy (non-hydrogen) atoms. The molecule has 0 radical (unpaired) electrons. The minimum absolute atomic E-state index is 0.411. The zero-order chi connectivity index (χ0) is 12.8. The predicted molar refractivity (Wildman–Crippen MR) is 77.3 cm³/mol. The molecular weight excluding hydrogens is 230 g/mol. The average Bonchev–Trinajstić information content (AvgIpc) is 2.35. The number of ether oxygens (including phenoxy) is 1. The molecule has 0 aliphatic carbocycles. The van der Waals surface area contributed by atoms with E-state index < -0.39 is 0 Å². The lowest BCUT2D eigenvalue weighted by atomic mass is 9.97. The lowest BCUT2D eigenvalue weighted by Gasteiger charge is -2.19.